The zero-order valence-corrected chi connectivity index (χ0v) is 15.4. The lowest BCUT2D eigenvalue weighted by atomic mass is 10.1. The molecule has 0 bridgehead atoms. The van der Waals surface area contributed by atoms with Crippen molar-refractivity contribution in [3.63, 3.8) is 0 Å². The Labute approximate surface area is 161 Å². The van der Waals surface area contributed by atoms with E-state index in [1.165, 1.54) is 0 Å². The molecule has 1 amide bonds. The van der Waals surface area contributed by atoms with Crippen molar-refractivity contribution in [3.05, 3.63) is 71.3 Å². The van der Waals surface area contributed by atoms with Gasteiger partial charge in [-0.2, -0.15) is 5.10 Å². The Balaban J connectivity index is 1.41. The Kier molecular flexibility index (Phi) is 3.93. The molecular formula is C21H19N5O2. The maximum Gasteiger partial charge on any atom is 0.259 e. The summed E-state index contributed by atoms with van der Waals surface area (Å²) in [6.45, 7) is 2.46. The van der Waals surface area contributed by atoms with Crippen LogP contribution in [0.4, 0.5) is 5.69 Å². The summed E-state index contributed by atoms with van der Waals surface area (Å²) in [5.41, 5.74) is 4.32. The molecule has 0 atom stereocenters. The van der Waals surface area contributed by atoms with Crippen molar-refractivity contribution in [1.29, 1.82) is 0 Å². The highest BCUT2D eigenvalue weighted by Gasteiger charge is 2.28. The van der Waals surface area contributed by atoms with E-state index < -0.39 is 0 Å². The zero-order valence-electron chi connectivity index (χ0n) is 15.4. The van der Waals surface area contributed by atoms with Crippen molar-refractivity contribution in [2.24, 2.45) is 0 Å². The van der Waals surface area contributed by atoms with Gasteiger partial charge in [0, 0.05) is 17.8 Å². The molecule has 3 heterocycles. The van der Waals surface area contributed by atoms with Crippen molar-refractivity contribution in [1.82, 2.24) is 19.9 Å². The van der Waals surface area contributed by atoms with Crippen molar-refractivity contribution < 1.29 is 9.32 Å². The number of anilines is 1. The molecule has 1 aromatic carbocycles. The molecule has 4 aromatic rings. The number of carbonyl (C=O) groups excluding carboxylic acids is 1. The van der Waals surface area contributed by atoms with Gasteiger partial charge in [0.15, 0.2) is 0 Å². The van der Waals surface area contributed by atoms with Crippen LogP contribution in [0.3, 0.4) is 0 Å². The van der Waals surface area contributed by atoms with Crippen LogP contribution in [0.5, 0.6) is 0 Å². The summed E-state index contributed by atoms with van der Waals surface area (Å²) in [6, 6.07) is 11.9. The molecule has 1 aliphatic rings. The lowest BCUT2D eigenvalue weighted by molar-refractivity contribution is 0.102. The predicted molar refractivity (Wildman–Crippen MR) is 104 cm³/mol. The van der Waals surface area contributed by atoms with E-state index in [0.29, 0.717) is 40.5 Å². The SMILES string of the molecule is Cc1noc2nc(C3CC3)cc(C(=O)Nc3cnn(Cc4ccccc4)c3)c12. The molecule has 5 rings (SSSR count). The van der Waals surface area contributed by atoms with E-state index in [1.807, 2.05) is 49.5 Å². The van der Waals surface area contributed by atoms with Gasteiger partial charge in [-0.1, -0.05) is 35.5 Å². The van der Waals surface area contributed by atoms with Crippen LogP contribution < -0.4 is 5.32 Å². The first-order chi connectivity index (χ1) is 13.7. The van der Waals surface area contributed by atoms with Crippen LogP contribution in [0, 0.1) is 6.92 Å². The van der Waals surface area contributed by atoms with Crippen LogP contribution in [0.1, 0.15) is 46.1 Å². The Morgan fingerprint density at radius 1 is 1.29 bits per heavy atom. The number of hydrogen-bond acceptors (Lipinski definition) is 5. The van der Waals surface area contributed by atoms with Crippen LogP contribution >= 0.6 is 0 Å². The molecule has 0 radical (unpaired) electrons. The molecule has 1 N–H and O–H groups in total. The van der Waals surface area contributed by atoms with Gasteiger partial charge in [-0.15, -0.1) is 0 Å². The molecule has 1 fully saturated rings. The number of pyridine rings is 1. The van der Waals surface area contributed by atoms with Gasteiger partial charge in [0.2, 0.25) is 0 Å². The predicted octanol–water partition coefficient (Wildman–Crippen LogP) is 3.91. The molecule has 7 nitrogen and oxygen atoms in total. The smallest absolute Gasteiger partial charge is 0.259 e. The second kappa shape index (κ2) is 6.60. The third-order valence-corrected chi connectivity index (χ3v) is 4.96. The summed E-state index contributed by atoms with van der Waals surface area (Å²) in [5, 5.41) is 11.9. The number of hydrogen-bond donors (Lipinski definition) is 1. The van der Waals surface area contributed by atoms with Gasteiger partial charge < -0.3 is 9.84 Å². The quantitative estimate of drug-likeness (QED) is 0.573. The number of nitrogens with zero attached hydrogens (tertiary/aromatic N) is 4. The molecular weight excluding hydrogens is 354 g/mol. The number of benzene rings is 1. The van der Waals surface area contributed by atoms with E-state index in [-0.39, 0.29) is 5.91 Å². The second-order valence-corrected chi connectivity index (χ2v) is 7.18. The van der Waals surface area contributed by atoms with Gasteiger partial charge in [0.1, 0.15) is 0 Å². The Morgan fingerprint density at radius 2 is 2.11 bits per heavy atom. The number of aromatic nitrogens is 4. The van der Waals surface area contributed by atoms with Crippen molar-refractivity contribution in [2.75, 3.05) is 5.32 Å². The molecule has 0 aliphatic heterocycles. The molecule has 0 saturated heterocycles. The fraction of sp³-hybridized carbons (Fsp3) is 0.238. The van der Waals surface area contributed by atoms with Crippen LogP contribution in [-0.4, -0.2) is 25.8 Å². The lowest BCUT2D eigenvalue weighted by Crippen LogP contribution is -2.13. The highest BCUT2D eigenvalue weighted by atomic mass is 16.5. The fourth-order valence-electron chi connectivity index (χ4n) is 3.36. The largest absolute Gasteiger partial charge is 0.336 e. The monoisotopic (exact) mass is 373 g/mol. The first kappa shape index (κ1) is 16.7. The number of fused-ring (bicyclic) bond motifs is 1. The zero-order chi connectivity index (χ0) is 19.1. The first-order valence-corrected chi connectivity index (χ1v) is 9.32. The summed E-state index contributed by atoms with van der Waals surface area (Å²) < 4.78 is 7.12. The summed E-state index contributed by atoms with van der Waals surface area (Å²) >= 11 is 0. The third kappa shape index (κ3) is 3.15. The van der Waals surface area contributed by atoms with Crippen LogP contribution in [0.25, 0.3) is 11.1 Å². The number of amides is 1. The average molecular weight is 373 g/mol. The normalized spacial score (nSPS) is 13.8. The maximum absolute atomic E-state index is 13.0. The van der Waals surface area contributed by atoms with Crippen molar-refractivity contribution in [3.8, 4) is 0 Å². The van der Waals surface area contributed by atoms with Crippen LogP contribution in [0.2, 0.25) is 0 Å². The standard InChI is InChI=1S/C21H19N5O2/c1-13-19-17(9-18(15-7-8-15)24-21(19)28-25-13)20(27)23-16-10-22-26(12-16)11-14-5-3-2-4-6-14/h2-6,9-10,12,15H,7-8,11H2,1H3,(H,23,27). The van der Waals surface area contributed by atoms with Crippen LogP contribution in [0.15, 0.2) is 53.3 Å². The van der Waals surface area contributed by atoms with Gasteiger partial charge in [0.05, 0.1) is 35.1 Å². The number of carbonyl (C=O) groups is 1. The van der Waals surface area contributed by atoms with Gasteiger partial charge in [-0.05, 0) is 31.4 Å². The minimum atomic E-state index is -0.208. The number of rotatable bonds is 5. The van der Waals surface area contributed by atoms with Gasteiger partial charge in [-0.25, -0.2) is 4.98 Å². The minimum Gasteiger partial charge on any atom is -0.336 e. The molecule has 7 heteroatoms. The summed E-state index contributed by atoms with van der Waals surface area (Å²) in [6.07, 6.45) is 5.67. The van der Waals surface area contributed by atoms with Crippen molar-refractivity contribution in [2.45, 2.75) is 32.2 Å². The molecule has 1 saturated carbocycles. The van der Waals surface area contributed by atoms with Gasteiger partial charge in [-0.3, -0.25) is 9.48 Å². The Bertz CT molecular complexity index is 1160. The fourth-order valence-corrected chi connectivity index (χ4v) is 3.36. The average Bonchev–Trinajstić information content (AvgIpc) is 3.37. The van der Waals surface area contributed by atoms with E-state index in [2.05, 4.69) is 20.6 Å². The molecule has 140 valence electrons. The molecule has 3 aromatic heterocycles. The van der Waals surface area contributed by atoms with Crippen LogP contribution in [-0.2, 0) is 6.54 Å². The second-order valence-electron chi connectivity index (χ2n) is 7.18. The number of aryl methyl sites for hydroxylation is 1. The van der Waals surface area contributed by atoms with Gasteiger partial charge in [0.25, 0.3) is 11.6 Å². The highest BCUT2D eigenvalue weighted by Crippen LogP contribution is 2.40. The lowest BCUT2D eigenvalue weighted by Gasteiger charge is -2.06. The molecule has 28 heavy (non-hydrogen) atoms. The minimum absolute atomic E-state index is 0.208. The van der Waals surface area contributed by atoms with E-state index in [4.69, 9.17) is 4.52 Å². The summed E-state index contributed by atoms with van der Waals surface area (Å²) in [4.78, 5) is 17.5. The van der Waals surface area contributed by atoms with E-state index in [9.17, 15) is 4.79 Å². The maximum atomic E-state index is 13.0. The van der Waals surface area contributed by atoms with E-state index in [1.54, 1.807) is 10.9 Å². The van der Waals surface area contributed by atoms with Gasteiger partial charge >= 0.3 is 0 Å². The summed E-state index contributed by atoms with van der Waals surface area (Å²) in [5.74, 6) is 0.204. The Hall–Kier alpha value is -3.48. The molecule has 1 aliphatic carbocycles. The third-order valence-electron chi connectivity index (χ3n) is 4.96. The van der Waals surface area contributed by atoms with E-state index in [0.717, 1.165) is 24.1 Å². The molecule has 0 spiro atoms. The van der Waals surface area contributed by atoms with E-state index >= 15 is 0 Å². The first-order valence-electron chi connectivity index (χ1n) is 9.32. The Morgan fingerprint density at radius 3 is 2.89 bits per heavy atom. The highest BCUT2D eigenvalue weighted by molar-refractivity contribution is 6.12. The van der Waals surface area contributed by atoms with Crippen molar-refractivity contribution >= 4 is 22.7 Å². The molecule has 0 unspecified atom stereocenters. The topological polar surface area (TPSA) is 85.8 Å². The summed E-state index contributed by atoms with van der Waals surface area (Å²) in [7, 11) is 0. The number of nitrogens with one attached hydrogen (secondary N) is 1.